The van der Waals surface area contributed by atoms with Gasteiger partial charge in [-0.25, -0.2) is 9.78 Å². The van der Waals surface area contributed by atoms with Gasteiger partial charge in [0.15, 0.2) is 0 Å². The van der Waals surface area contributed by atoms with Crippen molar-refractivity contribution >= 4 is 28.8 Å². The second-order valence-electron chi connectivity index (χ2n) is 5.75. The maximum Gasteiger partial charge on any atom is 0.513 e. The lowest BCUT2D eigenvalue weighted by atomic mass is 10.3. The van der Waals surface area contributed by atoms with Gasteiger partial charge in [0.1, 0.15) is 17.2 Å². The minimum atomic E-state index is -0.772. The molecule has 0 radical (unpaired) electrons. The molecule has 4 rings (SSSR count). The van der Waals surface area contributed by atoms with Crippen LogP contribution < -0.4 is 14.8 Å². The van der Waals surface area contributed by atoms with Crippen molar-refractivity contribution in [2.75, 3.05) is 12.4 Å². The molecule has 0 atom stereocenters. The number of anilines is 2. The number of hydrogen-bond donors (Lipinski definition) is 2. The summed E-state index contributed by atoms with van der Waals surface area (Å²) in [7, 11) is 1.26. The van der Waals surface area contributed by atoms with Crippen LogP contribution in [0.15, 0.2) is 67.0 Å². The van der Waals surface area contributed by atoms with Crippen LogP contribution in [0.3, 0.4) is 0 Å². The predicted molar refractivity (Wildman–Crippen MR) is 103 cm³/mol. The molecule has 0 saturated heterocycles. The maximum absolute atomic E-state index is 11.2. The first-order chi connectivity index (χ1) is 13.7. The molecule has 0 aliphatic heterocycles. The third-order valence-electron chi connectivity index (χ3n) is 3.82. The molecule has 0 spiro atoms. The van der Waals surface area contributed by atoms with E-state index in [4.69, 9.17) is 9.47 Å². The van der Waals surface area contributed by atoms with E-state index in [0.717, 1.165) is 22.5 Å². The molecule has 0 aliphatic carbocycles. The molecular formula is C20H16N4O4. The number of carbonyl (C=O) groups is 1. The topological polar surface area (TPSA) is 98.4 Å². The molecule has 2 aromatic heterocycles. The second kappa shape index (κ2) is 7.67. The first-order valence-corrected chi connectivity index (χ1v) is 8.40. The molecule has 140 valence electrons. The quantitative estimate of drug-likeness (QED) is 0.387. The molecular weight excluding hydrogens is 360 g/mol. The van der Waals surface area contributed by atoms with Gasteiger partial charge in [-0.05, 0) is 48.5 Å². The van der Waals surface area contributed by atoms with Crippen molar-refractivity contribution in [1.29, 1.82) is 0 Å². The van der Waals surface area contributed by atoms with Gasteiger partial charge in [-0.3, -0.25) is 4.98 Å². The number of imidazole rings is 1. The zero-order chi connectivity index (χ0) is 19.3. The number of H-pyrrole nitrogens is 1. The Labute approximate surface area is 160 Å². The zero-order valence-electron chi connectivity index (χ0n) is 14.9. The Morgan fingerprint density at radius 2 is 1.68 bits per heavy atom. The average molecular weight is 376 g/mol. The van der Waals surface area contributed by atoms with E-state index in [1.165, 1.54) is 7.11 Å². The molecule has 28 heavy (non-hydrogen) atoms. The Balaban J connectivity index is 1.46. The van der Waals surface area contributed by atoms with Crippen LogP contribution in [-0.2, 0) is 4.74 Å². The number of aromatic amines is 1. The number of nitrogens with zero attached hydrogens (tertiary/aromatic N) is 2. The first kappa shape index (κ1) is 17.3. The summed E-state index contributed by atoms with van der Waals surface area (Å²) >= 11 is 0. The number of benzene rings is 2. The van der Waals surface area contributed by atoms with Crippen molar-refractivity contribution < 1.29 is 19.0 Å². The Bertz CT molecular complexity index is 1090. The lowest BCUT2D eigenvalue weighted by Gasteiger charge is -2.07. The normalized spacial score (nSPS) is 10.5. The summed E-state index contributed by atoms with van der Waals surface area (Å²) < 4.78 is 15.2. The highest BCUT2D eigenvalue weighted by Gasteiger charge is 2.08. The molecule has 0 unspecified atom stereocenters. The average Bonchev–Trinajstić information content (AvgIpc) is 3.11. The highest BCUT2D eigenvalue weighted by Crippen LogP contribution is 2.25. The number of nitrogens with one attached hydrogen (secondary N) is 2. The SMILES string of the molecule is COC(=O)Oc1ccc2nc(Nc3ccc(Oc4ccncc4)cc3)[nH]c2c1. The van der Waals surface area contributed by atoms with E-state index in [-0.39, 0.29) is 0 Å². The van der Waals surface area contributed by atoms with Gasteiger partial charge in [0.25, 0.3) is 0 Å². The van der Waals surface area contributed by atoms with E-state index in [9.17, 15) is 4.79 Å². The van der Waals surface area contributed by atoms with Crippen LogP contribution >= 0.6 is 0 Å². The van der Waals surface area contributed by atoms with Gasteiger partial charge < -0.3 is 24.5 Å². The second-order valence-corrected chi connectivity index (χ2v) is 5.75. The minimum Gasteiger partial charge on any atom is -0.457 e. The molecule has 8 heteroatoms. The monoisotopic (exact) mass is 376 g/mol. The molecule has 0 amide bonds. The molecule has 8 nitrogen and oxygen atoms in total. The zero-order valence-corrected chi connectivity index (χ0v) is 14.9. The van der Waals surface area contributed by atoms with Crippen LogP contribution in [0.5, 0.6) is 17.2 Å². The number of carbonyl (C=O) groups excluding carboxylic acids is 1. The van der Waals surface area contributed by atoms with Gasteiger partial charge in [-0.15, -0.1) is 0 Å². The minimum absolute atomic E-state index is 0.368. The largest absolute Gasteiger partial charge is 0.513 e. The summed E-state index contributed by atoms with van der Waals surface area (Å²) in [6.07, 6.45) is 2.58. The molecule has 0 saturated carbocycles. The maximum atomic E-state index is 11.2. The highest BCUT2D eigenvalue weighted by molar-refractivity contribution is 5.80. The van der Waals surface area contributed by atoms with Gasteiger partial charge in [-0.2, -0.15) is 0 Å². The van der Waals surface area contributed by atoms with Crippen LogP contribution in [0.1, 0.15) is 0 Å². The number of hydrogen-bond acceptors (Lipinski definition) is 7. The predicted octanol–water partition coefficient (Wildman–Crippen LogP) is 4.64. The van der Waals surface area contributed by atoms with Crippen molar-refractivity contribution in [3.8, 4) is 17.2 Å². The number of methoxy groups -OCH3 is 1. The number of rotatable bonds is 5. The van der Waals surface area contributed by atoms with Gasteiger partial charge in [-0.1, -0.05) is 0 Å². The number of pyridine rings is 1. The van der Waals surface area contributed by atoms with E-state index in [2.05, 4.69) is 25.0 Å². The Kier molecular flexibility index (Phi) is 4.75. The van der Waals surface area contributed by atoms with Crippen molar-refractivity contribution in [2.24, 2.45) is 0 Å². The molecule has 4 aromatic rings. The summed E-state index contributed by atoms with van der Waals surface area (Å²) in [5.41, 5.74) is 2.30. The first-order valence-electron chi connectivity index (χ1n) is 8.40. The molecule has 0 fully saturated rings. The van der Waals surface area contributed by atoms with Gasteiger partial charge >= 0.3 is 6.16 Å². The fourth-order valence-electron chi connectivity index (χ4n) is 2.53. The van der Waals surface area contributed by atoms with Crippen molar-refractivity contribution in [2.45, 2.75) is 0 Å². The summed E-state index contributed by atoms with van der Waals surface area (Å²) in [5.74, 6) is 2.36. The van der Waals surface area contributed by atoms with Gasteiger partial charge in [0, 0.05) is 24.1 Å². The summed E-state index contributed by atoms with van der Waals surface area (Å²) in [4.78, 5) is 22.8. The fraction of sp³-hybridized carbons (Fsp3) is 0.0500. The molecule has 0 bridgehead atoms. The van der Waals surface area contributed by atoms with Crippen molar-refractivity contribution in [3.63, 3.8) is 0 Å². The third kappa shape index (κ3) is 4.01. The smallest absolute Gasteiger partial charge is 0.457 e. The van der Waals surface area contributed by atoms with Crippen LogP contribution in [0.4, 0.5) is 16.4 Å². The Hall–Kier alpha value is -4.07. The lowest BCUT2D eigenvalue weighted by Crippen LogP contribution is -2.06. The van der Waals surface area contributed by atoms with Crippen LogP contribution in [-0.4, -0.2) is 28.2 Å². The highest BCUT2D eigenvalue weighted by atomic mass is 16.7. The van der Waals surface area contributed by atoms with Gasteiger partial charge in [0.2, 0.25) is 5.95 Å². The van der Waals surface area contributed by atoms with Crippen molar-refractivity contribution in [3.05, 3.63) is 67.0 Å². The summed E-state index contributed by atoms with van der Waals surface area (Å²) in [6, 6.07) is 16.1. The van der Waals surface area contributed by atoms with Crippen molar-refractivity contribution in [1.82, 2.24) is 15.0 Å². The van der Waals surface area contributed by atoms with E-state index in [0.29, 0.717) is 17.4 Å². The van der Waals surface area contributed by atoms with E-state index >= 15 is 0 Å². The van der Waals surface area contributed by atoms with E-state index < -0.39 is 6.16 Å². The summed E-state index contributed by atoms with van der Waals surface area (Å²) in [5, 5.41) is 3.19. The van der Waals surface area contributed by atoms with Crippen LogP contribution in [0.25, 0.3) is 11.0 Å². The Morgan fingerprint density at radius 3 is 2.43 bits per heavy atom. The molecule has 0 aliphatic rings. The van der Waals surface area contributed by atoms with Gasteiger partial charge in [0.05, 0.1) is 18.1 Å². The van der Waals surface area contributed by atoms with E-state index in [1.54, 1.807) is 42.7 Å². The number of fused-ring (bicyclic) bond motifs is 1. The number of ether oxygens (including phenoxy) is 3. The molecule has 2 heterocycles. The fourth-order valence-corrected chi connectivity index (χ4v) is 2.53. The molecule has 2 aromatic carbocycles. The third-order valence-corrected chi connectivity index (χ3v) is 3.82. The Morgan fingerprint density at radius 1 is 0.964 bits per heavy atom. The summed E-state index contributed by atoms with van der Waals surface area (Å²) in [6.45, 7) is 0. The number of aromatic nitrogens is 3. The van der Waals surface area contributed by atoms with Crippen LogP contribution in [0, 0.1) is 0 Å². The molecule has 2 N–H and O–H groups in total. The standard InChI is InChI=1S/C20H16N4O4/c1-26-20(25)28-16-6-7-17-18(12-16)24-19(23-17)22-13-2-4-14(5-3-13)27-15-8-10-21-11-9-15/h2-12H,1H3,(H2,22,23,24). The lowest BCUT2D eigenvalue weighted by molar-refractivity contribution is 0.121. The van der Waals surface area contributed by atoms with Crippen LogP contribution in [0.2, 0.25) is 0 Å². The van der Waals surface area contributed by atoms with E-state index in [1.807, 2.05) is 24.3 Å².